The molecule has 2 rings (SSSR count). The van der Waals surface area contributed by atoms with E-state index in [1.54, 1.807) is 12.1 Å². The first-order valence-electron chi connectivity index (χ1n) is 7.16. The molecule has 1 amide bonds. The number of carboxylic acid groups (broad SMARTS) is 1. The van der Waals surface area contributed by atoms with Crippen molar-refractivity contribution in [2.45, 2.75) is 12.2 Å². The van der Waals surface area contributed by atoms with Crippen LogP contribution in [0.1, 0.15) is 22.5 Å². The van der Waals surface area contributed by atoms with Gasteiger partial charge in [-0.2, -0.15) is 11.8 Å². The predicted octanol–water partition coefficient (Wildman–Crippen LogP) is 2.45. The topological polar surface area (TPSA) is 101 Å². The second-order valence-electron chi connectivity index (χ2n) is 4.81. The molecule has 2 aromatic rings. The number of ether oxygens (including phenoxy) is 1. The van der Waals surface area contributed by atoms with Gasteiger partial charge in [-0.25, -0.2) is 0 Å². The van der Waals surface area contributed by atoms with Crippen LogP contribution in [0.5, 0.6) is 5.88 Å². The van der Waals surface area contributed by atoms with Crippen LogP contribution in [0.2, 0.25) is 0 Å². The van der Waals surface area contributed by atoms with Crippen LogP contribution in [0.4, 0.5) is 5.69 Å². The van der Waals surface area contributed by atoms with Crippen molar-refractivity contribution >= 4 is 29.3 Å². The van der Waals surface area contributed by atoms with Gasteiger partial charge in [0.25, 0.3) is 5.91 Å². The zero-order valence-corrected chi connectivity index (χ0v) is 13.9. The monoisotopic (exact) mass is 347 g/mol. The van der Waals surface area contributed by atoms with E-state index in [1.165, 1.54) is 24.9 Å². The largest absolute Gasteiger partial charge is 0.481 e. The minimum Gasteiger partial charge on any atom is -0.481 e. The minimum atomic E-state index is -0.802. The average molecular weight is 347 g/mol. The molecule has 24 heavy (non-hydrogen) atoms. The van der Waals surface area contributed by atoms with Crippen LogP contribution in [0, 0.1) is 0 Å². The lowest BCUT2D eigenvalue weighted by Gasteiger charge is -2.07. The van der Waals surface area contributed by atoms with E-state index < -0.39 is 5.97 Å². The van der Waals surface area contributed by atoms with E-state index in [1.807, 2.05) is 18.2 Å². The summed E-state index contributed by atoms with van der Waals surface area (Å²) in [7, 11) is 1.48. The van der Waals surface area contributed by atoms with Gasteiger partial charge in [-0.3, -0.25) is 9.59 Å². The highest BCUT2D eigenvalue weighted by Gasteiger charge is 2.09. The number of hydrogen-bond acceptors (Lipinski definition) is 6. The van der Waals surface area contributed by atoms with Gasteiger partial charge < -0.3 is 15.2 Å². The molecule has 0 aliphatic heterocycles. The maximum atomic E-state index is 12.1. The lowest BCUT2D eigenvalue weighted by atomic mass is 10.2. The molecule has 0 atom stereocenters. The second kappa shape index (κ2) is 8.88. The van der Waals surface area contributed by atoms with Gasteiger partial charge in [0.15, 0.2) is 5.69 Å². The lowest BCUT2D eigenvalue weighted by molar-refractivity contribution is -0.136. The molecule has 0 unspecified atom stereocenters. The van der Waals surface area contributed by atoms with Crippen molar-refractivity contribution in [1.82, 2.24) is 10.2 Å². The van der Waals surface area contributed by atoms with Crippen LogP contribution in [0.25, 0.3) is 0 Å². The standard InChI is InChI=1S/C16H17N3O4S/c1-23-14-6-5-13(18-19-14)16(22)17-12-4-2-3-11(9-12)10-24-8-7-15(20)21/h2-6,9H,7-8,10H2,1H3,(H,17,22)(H,20,21). The van der Waals surface area contributed by atoms with Crippen LogP contribution in [-0.4, -0.2) is 40.0 Å². The molecule has 1 aromatic carbocycles. The van der Waals surface area contributed by atoms with Crippen molar-refractivity contribution in [3.05, 3.63) is 47.7 Å². The second-order valence-corrected chi connectivity index (χ2v) is 5.92. The van der Waals surface area contributed by atoms with Gasteiger partial charge in [0.2, 0.25) is 5.88 Å². The van der Waals surface area contributed by atoms with Crippen LogP contribution in [-0.2, 0) is 10.5 Å². The van der Waals surface area contributed by atoms with E-state index in [0.717, 1.165) is 5.56 Å². The molecule has 0 fully saturated rings. The van der Waals surface area contributed by atoms with E-state index in [0.29, 0.717) is 23.1 Å². The van der Waals surface area contributed by atoms with Crippen molar-refractivity contribution in [3.8, 4) is 5.88 Å². The first-order valence-corrected chi connectivity index (χ1v) is 8.31. The molecule has 0 spiro atoms. The summed E-state index contributed by atoms with van der Waals surface area (Å²) in [6, 6.07) is 10.5. The highest BCUT2D eigenvalue weighted by atomic mass is 32.2. The number of carboxylic acids is 1. The number of aliphatic carboxylic acids is 1. The molecule has 0 aliphatic carbocycles. The number of amides is 1. The van der Waals surface area contributed by atoms with E-state index in [2.05, 4.69) is 15.5 Å². The number of benzene rings is 1. The zero-order chi connectivity index (χ0) is 17.4. The smallest absolute Gasteiger partial charge is 0.304 e. The molecular weight excluding hydrogens is 330 g/mol. The number of anilines is 1. The Morgan fingerprint density at radius 3 is 2.75 bits per heavy atom. The Hall–Kier alpha value is -2.61. The lowest BCUT2D eigenvalue weighted by Crippen LogP contribution is -2.14. The normalized spacial score (nSPS) is 10.2. The highest BCUT2D eigenvalue weighted by molar-refractivity contribution is 7.98. The van der Waals surface area contributed by atoms with Gasteiger partial charge >= 0.3 is 5.97 Å². The summed E-state index contributed by atoms with van der Waals surface area (Å²) in [5.41, 5.74) is 1.84. The fourth-order valence-corrected chi connectivity index (χ4v) is 2.71. The van der Waals surface area contributed by atoms with Gasteiger partial charge in [-0.05, 0) is 23.8 Å². The van der Waals surface area contributed by atoms with E-state index in [-0.39, 0.29) is 18.0 Å². The Morgan fingerprint density at radius 1 is 1.25 bits per heavy atom. The van der Waals surface area contributed by atoms with Crippen LogP contribution < -0.4 is 10.1 Å². The first kappa shape index (κ1) is 17.7. The number of hydrogen-bond donors (Lipinski definition) is 2. The van der Waals surface area contributed by atoms with Crippen LogP contribution >= 0.6 is 11.8 Å². The van der Waals surface area contributed by atoms with Crippen LogP contribution in [0.15, 0.2) is 36.4 Å². The summed E-state index contributed by atoms with van der Waals surface area (Å²) in [6.07, 6.45) is 0.136. The number of nitrogens with one attached hydrogen (secondary N) is 1. The Labute approximate surface area is 143 Å². The fraction of sp³-hybridized carbons (Fsp3) is 0.250. The molecule has 2 N–H and O–H groups in total. The molecule has 7 nitrogen and oxygen atoms in total. The highest BCUT2D eigenvalue weighted by Crippen LogP contribution is 2.18. The predicted molar refractivity (Wildman–Crippen MR) is 91.4 cm³/mol. The molecule has 8 heteroatoms. The van der Waals surface area contributed by atoms with E-state index >= 15 is 0 Å². The zero-order valence-electron chi connectivity index (χ0n) is 13.1. The average Bonchev–Trinajstić information content (AvgIpc) is 2.59. The van der Waals surface area contributed by atoms with Crippen molar-refractivity contribution in [2.24, 2.45) is 0 Å². The first-order chi connectivity index (χ1) is 11.6. The summed E-state index contributed by atoms with van der Waals surface area (Å²) in [5, 5.41) is 18.9. The third-order valence-corrected chi connectivity index (χ3v) is 4.03. The third kappa shape index (κ3) is 5.54. The molecule has 0 radical (unpaired) electrons. The number of methoxy groups -OCH3 is 1. The number of nitrogens with zero attached hydrogens (tertiary/aromatic N) is 2. The number of carbonyl (C=O) groups is 2. The van der Waals surface area contributed by atoms with E-state index in [9.17, 15) is 9.59 Å². The number of thioether (sulfide) groups is 1. The molecule has 0 aliphatic rings. The van der Waals surface area contributed by atoms with Gasteiger partial charge in [-0.1, -0.05) is 12.1 Å². The van der Waals surface area contributed by atoms with Gasteiger partial charge in [0.05, 0.1) is 13.5 Å². The van der Waals surface area contributed by atoms with Crippen LogP contribution in [0.3, 0.4) is 0 Å². The molecule has 0 saturated heterocycles. The number of aromatic nitrogens is 2. The van der Waals surface area contributed by atoms with Crippen molar-refractivity contribution < 1.29 is 19.4 Å². The molecular formula is C16H17N3O4S. The Balaban J connectivity index is 1.92. The molecule has 1 aromatic heterocycles. The van der Waals surface area contributed by atoms with Gasteiger partial charge in [-0.15, -0.1) is 10.2 Å². The Morgan fingerprint density at radius 2 is 2.08 bits per heavy atom. The van der Waals surface area contributed by atoms with Gasteiger partial charge in [0.1, 0.15) is 0 Å². The summed E-state index contributed by atoms with van der Waals surface area (Å²) in [4.78, 5) is 22.6. The molecule has 126 valence electrons. The summed E-state index contributed by atoms with van der Waals surface area (Å²) in [6.45, 7) is 0. The third-order valence-electron chi connectivity index (χ3n) is 3.00. The van der Waals surface area contributed by atoms with E-state index in [4.69, 9.17) is 9.84 Å². The minimum absolute atomic E-state index is 0.136. The molecule has 1 heterocycles. The summed E-state index contributed by atoms with van der Waals surface area (Å²) in [5.74, 6) is 0.407. The summed E-state index contributed by atoms with van der Waals surface area (Å²) >= 11 is 1.53. The Kier molecular flexibility index (Phi) is 6.56. The van der Waals surface area contributed by atoms with Gasteiger partial charge in [0, 0.05) is 23.3 Å². The maximum Gasteiger partial charge on any atom is 0.304 e. The van der Waals surface area contributed by atoms with Crippen molar-refractivity contribution in [1.29, 1.82) is 0 Å². The SMILES string of the molecule is COc1ccc(C(=O)Nc2cccc(CSCCC(=O)O)c2)nn1. The summed E-state index contributed by atoms with van der Waals surface area (Å²) < 4.78 is 4.90. The maximum absolute atomic E-state index is 12.1. The fourth-order valence-electron chi connectivity index (χ4n) is 1.83. The van der Waals surface area contributed by atoms with Crippen molar-refractivity contribution in [2.75, 3.05) is 18.2 Å². The Bertz CT molecular complexity index is 707. The molecule has 0 saturated carbocycles. The quantitative estimate of drug-likeness (QED) is 0.707. The number of rotatable bonds is 8. The molecule has 0 bridgehead atoms. The number of carbonyl (C=O) groups excluding carboxylic acids is 1. The van der Waals surface area contributed by atoms with Crippen molar-refractivity contribution in [3.63, 3.8) is 0 Å².